The summed E-state index contributed by atoms with van der Waals surface area (Å²) in [5, 5.41) is 9.77. The lowest BCUT2D eigenvalue weighted by atomic mass is 10.1. The average molecular weight is 317 g/mol. The second kappa shape index (κ2) is 7.67. The molecule has 6 heteroatoms. The van der Waals surface area contributed by atoms with E-state index in [0.29, 0.717) is 23.1 Å². The Hall–Kier alpha value is -2.50. The summed E-state index contributed by atoms with van der Waals surface area (Å²) in [7, 11) is 1.59. The fourth-order valence-electron chi connectivity index (χ4n) is 1.89. The zero-order valence-corrected chi connectivity index (χ0v) is 13.9. The molecule has 1 atom stereocenters. The molecule has 0 aliphatic rings. The number of nitrogens with zero attached hydrogens (tertiary/aromatic N) is 1. The first-order valence-electron chi connectivity index (χ1n) is 7.62. The van der Waals surface area contributed by atoms with Gasteiger partial charge >= 0.3 is 0 Å². The average Bonchev–Trinajstić information content (AvgIpc) is 3.02. The van der Waals surface area contributed by atoms with Gasteiger partial charge in [-0.25, -0.2) is 0 Å². The van der Waals surface area contributed by atoms with Crippen LogP contribution in [0.5, 0.6) is 11.5 Å². The van der Waals surface area contributed by atoms with Crippen LogP contribution in [-0.2, 0) is 6.61 Å². The number of hydrogen-bond donors (Lipinski definition) is 2. The molecule has 1 aromatic carbocycles. The molecule has 6 nitrogen and oxygen atoms in total. The van der Waals surface area contributed by atoms with E-state index in [1.807, 2.05) is 31.2 Å². The summed E-state index contributed by atoms with van der Waals surface area (Å²) in [5.74, 6) is 1.48. The zero-order valence-electron chi connectivity index (χ0n) is 13.9. The van der Waals surface area contributed by atoms with Crippen LogP contribution in [-0.4, -0.2) is 29.3 Å². The molecule has 2 rings (SSSR count). The first-order valence-corrected chi connectivity index (χ1v) is 7.62. The number of benzene rings is 1. The topological polar surface area (TPSA) is 76.2 Å². The summed E-state index contributed by atoms with van der Waals surface area (Å²) in [6, 6.07) is 9.18. The summed E-state index contributed by atoms with van der Waals surface area (Å²) in [5.41, 5.74) is 1.08. The molecule has 0 spiro atoms. The van der Waals surface area contributed by atoms with E-state index >= 15 is 0 Å². The lowest BCUT2D eigenvalue weighted by Crippen LogP contribution is -2.36. The molecule has 0 fully saturated rings. The molecular weight excluding hydrogens is 294 g/mol. The summed E-state index contributed by atoms with van der Waals surface area (Å²) < 4.78 is 10.9. The first kappa shape index (κ1) is 16.9. The molecule has 0 saturated heterocycles. The van der Waals surface area contributed by atoms with Gasteiger partial charge in [-0.05, 0) is 31.0 Å². The number of carbonyl (C=O) groups is 1. The van der Waals surface area contributed by atoms with Gasteiger partial charge in [0.15, 0.2) is 11.5 Å². The Morgan fingerprint density at radius 2 is 1.96 bits per heavy atom. The number of amides is 1. The van der Waals surface area contributed by atoms with Gasteiger partial charge in [0.2, 0.25) is 0 Å². The molecule has 1 aromatic heterocycles. The third-order valence-electron chi connectivity index (χ3n) is 3.67. The molecule has 23 heavy (non-hydrogen) atoms. The Labute approximate surface area is 136 Å². The van der Waals surface area contributed by atoms with Crippen molar-refractivity contribution in [1.82, 2.24) is 15.5 Å². The molecule has 0 aliphatic heterocycles. The number of hydrogen-bond acceptors (Lipinski definition) is 4. The lowest BCUT2D eigenvalue weighted by Gasteiger charge is -2.16. The highest BCUT2D eigenvalue weighted by atomic mass is 16.5. The largest absolute Gasteiger partial charge is 0.493 e. The van der Waals surface area contributed by atoms with Gasteiger partial charge in [0.25, 0.3) is 5.91 Å². The van der Waals surface area contributed by atoms with Crippen molar-refractivity contribution in [2.24, 2.45) is 5.92 Å². The van der Waals surface area contributed by atoms with Gasteiger partial charge in [0.05, 0.1) is 12.8 Å². The van der Waals surface area contributed by atoms with Crippen molar-refractivity contribution in [2.75, 3.05) is 7.11 Å². The van der Waals surface area contributed by atoms with Gasteiger partial charge in [-0.1, -0.05) is 26.0 Å². The number of methoxy groups -OCH3 is 1. The summed E-state index contributed by atoms with van der Waals surface area (Å²) in [6.07, 6.45) is 0. The minimum Gasteiger partial charge on any atom is -0.493 e. The number of aromatic nitrogens is 2. The molecule has 0 radical (unpaired) electrons. The Morgan fingerprint density at radius 3 is 2.61 bits per heavy atom. The smallest absolute Gasteiger partial charge is 0.271 e. The van der Waals surface area contributed by atoms with Crippen molar-refractivity contribution in [2.45, 2.75) is 33.4 Å². The van der Waals surface area contributed by atoms with Crippen LogP contribution in [0.3, 0.4) is 0 Å². The van der Waals surface area contributed by atoms with E-state index < -0.39 is 0 Å². The highest BCUT2D eigenvalue weighted by Gasteiger charge is 2.15. The van der Waals surface area contributed by atoms with Crippen LogP contribution in [0.1, 0.15) is 37.0 Å². The summed E-state index contributed by atoms with van der Waals surface area (Å²) in [4.78, 5) is 12.1. The van der Waals surface area contributed by atoms with E-state index in [-0.39, 0.29) is 18.6 Å². The van der Waals surface area contributed by atoms with E-state index in [2.05, 4.69) is 29.4 Å². The van der Waals surface area contributed by atoms with Gasteiger partial charge in [-0.3, -0.25) is 9.89 Å². The number of nitrogens with one attached hydrogen (secondary N) is 2. The summed E-state index contributed by atoms with van der Waals surface area (Å²) in [6.45, 7) is 6.37. The van der Waals surface area contributed by atoms with Crippen molar-refractivity contribution in [1.29, 1.82) is 0 Å². The summed E-state index contributed by atoms with van der Waals surface area (Å²) >= 11 is 0. The Kier molecular flexibility index (Phi) is 5.62. The van der Waals surface area contributed by atoms with Crippen molar-refractivity contribution >= 4 is 5.91 Å². The molecule has 2 aromatic rings. The maximum absolute atomic E-state index is 12.1. The van der Waals surface area contributed by atoms with E-state index in [0.717, 1.165) is 5.69 Å². The second-order valence-corrected chi connectivity index (χ2v) is 5.72. The molecule has 1 heterocycles. The molecule has 0 bridgehead atoms. The second-order valence-electron chi connectivity index (χ2n) is 5.72. The van der Waals surface area contributed by atoms with Gasteiger partial charge in [0.1, 0.15) is 12.3 Å². The van der Waals surface area contributed by atoms with E-state index in [1.165, 1.54) is 0 Å². The minimum atomic E-state index is -0.189. The van der Waals surface area contributed by atoms with Crippen LogP contribution in [0.25, 0.3) is 0 Å². The van der Waals surface area contributed by atoms with Gasteiger partial charge in [-0.2, -0.15) is 5.10 Å². The standard InChI is InChI=1S/C17H23N3O3/c1-11(2)12(3)18-17(21)14-9-13(19-20-14)10-23-16-8-6-5-7-15(16)22-4/h5-9,11-12H,10H2,1-4H3,(H,18,21)(H,19,20)/t12-/m0/s1. The highest BCUT2D eigenvalue weighted by Crippen LogP contribution is 2.26. The maximum atomic E-state index is 12.1. The monoisotopic (exact) mass is 317 g/mol. The van der Waals surface area contributed by atoms with Crippen molar-refractivity contribution < 1.29 is 14.3 Å². The van der Waals surface area contributed by atoms with Crippen molar-refractivity contribution in [3.05, 3.63) is 41.7 Å². The highest BCUT2D eigenvalue weighted by molar-refractivity contribution is 5.92. The number of carbonyl (C=O) groups excluding carboxylic acids is 1. The quantitative estimate of drug-likeness (QED) is 0.823. The van der Waals surface area contributed by atoms with Crippen molar-refractivity contribution in [3.8, 4) is 11.5 Å². The molecular formula is C17H23N3O3. The van der Waals surface area contributed by atoms with E-state index in [9.17, 15) is 4.79 Å². The van der Waals surface area contributed by atoms with Gasteiger partial charge < -0.3 is 14.8 Å². The fraction of sp³-hybridized carbons (Fsp3) is 0.412. The number of rotatable bonds is 7. The van der Waals surface area contributed by atoms with Crippen LogP contribution >= 0.6 is 0 Å². The maximum Gasteiger partial charge on any atom is 0.271 e. The van der Waals surface area contributed by atoms with Crippen LogP contribution < -0.4 is 14.8 Å². The lowest BCUT2D eigenvalue weighted by molar-refractivity contribution is 0.0925. The molecule has 2 N–H and O–H groups in total. The zero-order chi connectivity index (χ0) is 16.8. The fourth-order valence-corrected chi connectivity index (χ4v) is 1.89. The number of para-hydroxylation sites is 2. The Bertz CT molecular complexity index is 652. The van der Waals surface area contributed by atoms with Crippen LogP contribution in [0, 0.1) is 5.92 Å². The molecule has 0 unspecified atom stereocenters. The van der Waals surface area contributed by atoms with Crippen LogP contribution in [0.4, 0.5) is 0 Å². The molecule has 0 aliphatic carbocycles. The predicted molar refractivity (Wildman–Crippen MR) is 87.7 cm³/mol. The Balaban J connectivity index is 1.96. The molecule has 1 amide bonds. The van der Waals surface area contributed by atoms with E-state index in [4.69, 9.17) is 9.47 Å². The van der Waals surface area contributed by atoms with Crippen LogP contribution in [0.15, 0.2) is 30.3 Å². The number of aromatic amines is 1. The Morgan fingerprint density at radius 1 is 1.26 bits per heavy atom. The minimum absolute atomic E-state index is 0.0903. The third-order valence-corrected chi connectivity index (χ3v) is 3.67. The third kappa shape index (κ3) is 4.48. The molecule has 124 valence electrons. The predicted octanol–water partition coefficient (Wildman–Crippen LogP) is 2.77. The normalized spacial score (nSPS) is 12.0. The number of H-pyrrole nitrogens is 1. The van der Waals surface area contributed by atoms with E-state index in [1.54, 1.807) is 13.2 Å². The molecule has 0 saturated carbocycles. The van der Waals surface area contributed by atoms with Crippen LogP contribution in [0.2, 0.25) is 0 Å². The number of ether oxygens (including phenoxy) is 2. The van der Waals surface area contributed by atoms with Crippen molar-refractivity contribution in [3.63, 3.8) is 0 Å². The van der Waals surface area contributed by atoms with Gasteiger partial charge in [0, 0.05) is 6.04 Å². The van der Waals surface area contributed by atoms with Gasteiger partial charge in [-0.15, -0.1) is 0 Å². The SMILES string of the molecule is COc1ccccc1OCc1cc(C(=O)N[C@@H](C)C(C)C)n[nH]1. The first-order chi connectivity index (χ1) is 11.0.